The highest BCUT2D eigenvalue weighted by Gasteiger charge is 2.25. The molecule has 2 rings (SSSR count). The number of anilines is 2. The molecule has 0 spiro atoms. The van der Waals surface area contributed by atoms with Gasteiger partial charge < -0.3 is 10.7 Å². The summed E-state index contributed by atoms with van der Waals surface area (Å²) in [6, 6.07) is 0.480. The highest BCUT2D eigenvalue weighted by molar-refractivity contribution is 7.99. The molecule has 21 heavy (non-hydrogen) atoms. The average molecular weight is 309 g/mol. The van der Waals surface area contributed by atoms with Crippen LogP contribution in [-0.2, 0) is 0 Å². The molecule has 1 aliphatic rings. The molecule has 0 radical (unpaired) electrons. The summed E-state index contributed by atoms with van der Waals surface area (Å²) in [6.07, 6.45) is 7.31. The second-order valence-corrected chi connectivity index (χ2v) is 7.09. The Hall–Kier alpha value is -1.01. The number of nitrogens with one attached hydrogen (secondary N) is 2. The Kier molecular flexibility index (Phi) is 5.70. The van der Waals surface area contributed by atoms with Crippen molar-refractivity contribution in [2.24, 2.45) is 5.84 Å². The molecule has 0 amide bonds. The maximum Gasteiger partial charge on any atom is 0.148 e. The Bertz CT molecular complexity index is 477. The molecule has 0 aliphatic heterocycles. The largest absolute Gasteiger partial charge is 0.366 e. The molecule has 118 valence electrons. The molecule has 2 unspecified atom stereocenters. The minimum Gasteiger partial charge on any atom is -0.366 e. The summed E-state index contributed by atoms with van der Waals surface area (Å²) in [5.41, 5.74) is 3.69. The smallest absolute Gasteiger partial charge is 0.148 e. The molecule has 1 aliphatic carbocycles. The summed E-state index contributed by atoms with van der Waals surface area (Å²) < 4.78 is 0. The number of nitrogen functional groups attached to an aromatic ring is 1. The van der Waals surface area contributed by atoms with E-state index in [1.54, 1.807) is 0 Å². The normalized spacial score (nSPS) is 22.4. The first kappa shape index (κ1) is 16.4. The zero-order chi connectivity index (χ0) is 15.4. The van der Waals surface area contributed by atoms with Crippen molar-refractivity contribution in [3.8, 4) is 0 Å². The van der Waals surface area contributed by atoms with Gasteiger partial charge in [0, 0.05) is 22.8 Å². The van der Waals surface area contributed by atoms with Crippen molar-refractivity contribution in [2.75, 3.05) is 17.0 Å². The van der Waals surface area contributed by atoms with Gasteiger partial charge in [-0.1, -0.05) is 26.7 Å². The van der Waals surface area contributed by atoms with Crippen molar-refractivity contribution in [2.45, 2.75) is 63.7 Å². The third-order valence-corrected chi connectivity index (χ3v) is 5.31. The van der Waals surface area contributed by atoms with E-state index in [1.165, 1.54) is 25.7 Å². The molecule has 1 aromatic rings. The van der Waals surface area contributed by atoms with E-state index in [0.29, 0.717) is 17.1 Å². The quantitative estimate of drug-likeness (QED) is 0.572. The van der Waals surface area contributed by atoms with Gasteiger partial charge in [-0.15, -0.1) is 0 Å². The summed E-state index contributed by atoms with van der Waals surface area (Å²) in [4.78, 5) is 9.21. The third kappa shape index (κ3) is 3.80. The number of nitrogens with zero attached hydrogens (tertiary/aromatic N) is 2. The van der Waals surface area contributed by atoms with E-state index in [4.69, 9.17) is 10.8 Å². The molecule has 0 aromatic carbocycles. The molecule has 1 saturated carbocycles. The van der Waals surface area contributed by atoms with Gasteiger partial charge in [-0.3, -0.25) is 0 Å². The van der Waals surface area contributed by atoms with Crippen LogP contribution in [0.25, 0.3) is 0 Å². The fourth-order valence-electron chi connectivity index (χ4n) is 2.79. The molecule has 2 atom stereocenters. The highest BCUT2D eigenvalue weighted by Crippen LogP contribution is 2.31. The number of aromatic nitrogens is 2. The van der Waals surface area contributed by atoms with Crippen LogP contribution in [0.3, 0.4) is 0 Å². The summed E-state index contributed by atoms with van der Waals surface area (Å²) >= 11 is 1.95. The molecule has 1 heterocycles. The first-order chi connectivity index (χ1) is 10.1. The van der Waals surface area contributed by atoms with Crippen LogP contribution in [-0.4, -0.2) is 27.5 Å². The molecule has 4 N–H and O–H groups in total. The number of nitrogens with two attached hydrogens (primary N) is 1. The van der Waals surface area contributed by atoms with E-state index in [0.717, 1.165) is 17.2 Å². The van der Waals surface area contributed by atoms with Crippen LogP contribution < -0.4 is 16.6 Å². The first-order valence-electron chi connectivity index (χ1n) is 7.71. The first-order valence-corrected chi connectivity index (χ1v) is 9.00. The van der Waals surface area contributed by atoms with Gasteiger partial charge in [-0.25, -0.2) is 15.8 Å². The van der Waals surface area contributed by atoms with Crippen LogP contribution in [0.1, 0.15) is 56.8 Å². The van der Waals surface area contributed by atoms with Gasteiger partial charge in [-0.05, 0) is 26.0 Å². The predicted octanol–water partition coefficient (Wildman–Crippen LogP) is 3.28. The Morgan fingerprint density at radius 3 is 2.48 bits per heavy atom. The molecule has 1 fully saturated rings. The Balaban J connectivity index is 2.27. The van der Waals surface area contributed by atoms with Crippen molar-refractivity contribution < 1.29 is 0 Å². The van der Waals surface area contributed by atoms with Crippen molar-refractivity contribution in [3.05, 3.63) is 11.4 Å². The van der Waals surface area contributed by atoms with Crippen molar-refractivity contribution >= 4 is 23.4 Å². The zero-order valence-electron chi connectivity index (χ0n) is 13.4. The van der Waals surface area contributed by atoms with Crippen LogP contribution in [0, 0.1) is 6.92 Å². The van der Waals surface area contributed by atoms with E-state index in [1.807, 2.05) is 18.7 Å². The van der Waals surface area contributed by atoms with Gasteiger partial charge >= 0.3 is 0 Å². The number of hydrogen-bond donors (Lipinski definition) is 3. The maximum absolute atomic E-state index is 5.60. The van der Waals surface area contributed by atoms with Gasteiger partial charge in [0.25, 0.3) is 0 Å². The van der Waals surface area contributed by atoms with Crippen LogP contribution in [0.2, 0.25) is 0 Å². The minimum absolute atomic E-state index is 0.279. The fraction of sp³-hybridized carbons (Fsp3) is 0.733. The second-order valence-electron chi connectivity index (χ2n) is 6.01. The zero-order valence-corrected chi connectivity index (χ0v) is 14.3. The second kappa shape index (κ2) is 7.31. The highest BCUT2D eigenvalue weighted by atomic mass is 32.2. The molecule has 0 bridgehead atoms. The van der Waals surface area contributed by atoms with Gasteiger partial charge in [0.05, 0.1) is 0 Å². The van der Waals surface area contributed by atoms with Crippen LogP contribution >= 0.6 is 11.8 Å². The lowest BCUT2D eigenvalue weighted by Gasteiger charge is -2.32. The molecule has 6 heteroatoms. The predicted molar refractivity (Wildman–Crippen MR) is 91.8 cm³/mol. The SMILES string of the molecule is CSC1CCCCC1Nc1nc(C(C)C)nc(NN)c1C. The summed E-state index contributed by atoms with van der Waals surface area (Å²) in [7, 11) is 0. The number of hydrazine groups is 1. The lowest BCUT2D eigenvalue weighted by molar-refractivity contribution is 0.473. The van der Waals surface area contributed by atoms with Crippen molar-refractivity contribution in [1.29, 1.82) is 0 Å². The third-order valence-electron chi connectivity index (χ3n) is 4.14. The monoisotopic (exact) mass is 309 g/mol. The van der Waals surface area contributed by atoms with Gasteiger partial charge in [-0.2, -0.15) is 11.8 Å². The fourth-order valence-corrected chi connectivity index (χ4v) is 3.73. The minimum atomic E-state index is 0.279. The Morgan fingerprint density at radius 2 is 1.86 bits per heavy atom. The Labute approximate surface area is 131 Å². The summed E-state index contributed by atoms with van der Waals surface area (Å²) in [5.74, 6) is 8.35. The summed E-state index contributed by atoms with van der Waals surface area (Å²) in [6.45, 7) is 6.21. The average Bonchev–Trinajstić information content (AvgIpc) is 2.49. The van der Waals surface area contributed by atoms with E-state index in [-0.39, 0.29) is 5.92 Å². The lowest BCUT2D eigenvalue weighted by Crippen LogP contribution is -2.35. The van der Waals surface area contributed by atoms with E-state index < -0.39 is 0 Å². The van der Waals surface area contributed by atoms with E-state index >= 15 is 0 Å². The molecule has 5 nitrogen and oxygen atoms in total. The van der Waals surface area contributed by atoms with E-state index in [2.05, 4.69) is 35.8 Å². The number of rotatable bonds is 5. The summed E-state index contributed by atoms with van der Waals surface area (Å²) in [5, 5.41) is 4.31. The molecule has 0 saturated heterocycles. The van der Waals surface area contributed by atoms with Gasteiger partial charge in [0.1, 0.15) is 17.5 Å². The standard InChI is InChI=1S/C15H27N5S/c1-9(2)13-18-14(10(3)15(19-13)20-16)17-11-7-5-6-8-12(11)21-4/h9,11-12H,5-8,16H2,1-4H3,(H2,17,18,19,20). The molecule has 1 aromatic heterocycles. The van der Waals surface area contributed by atoms with Gasteiger partial charge in [0.2, 0.25) is 0 Å². The van der Waals surface area contributed by atoms with Crippen LogP contribution in [0.5, 0.6) is 0 Å². The van der Waals surface area contributed by atoms with Crippen molar-refractivity contribution in [1.82, 2.24) is 9.97 Å². The molecular formula is C15H27N5S. The number of thioether (sulfide) groups is 1. The number of hydrogen-bond acceptors (Lipinski definition) is 6. The molecular weight excluding hydrogens is 282 g/mol. The maximum atomic E-state index is 5.60. The van der Waals surface area contributed by atoms with Crippen LogP contribution in [0.15, 0.2) is 0 Å². The van der Waals surface area contributed by atoms with Crippen molar-refractivity contribution in [3.63, 3.8) is 0 Å². The lowest BCUT2D eigenvalue weighted by atomic mass is 9.94. The topological polar surface area (TPSA) is 75.9 Å². The Morgan fingerprint density at radius 1 is 1.19 bits per heavy atom. The van der Waals surface area contributed by atoms with Crippen LogP contribution in [0.4, 0.5) is 11.6 Å². The van der Waals surface area contributed by atoms with E-state index in [9.17, 15) is 0 Å². The van der Waals surface area contributed by atoms with Gasteiger partial charge in [0.15, 0.2) is 0 Å².